The minimum Gasteiger partial charge on any atom is -0.507 e. The summed E-state index contributed by atoms with van der Waals surface area (Å²) in [5.41, 5.74) is 14.9. The number of benzene rings is 6. The minimum absolute atomic E-state index is 0. The average molecular weight is 943 g/mol. The van der Waals surface area contributed by atoms with Gasteiger partial charge in [0, 0.05) is 42.8 Å². The van der Waals surface area contributed by atoms with E-state index in [4.69, 9.17) is 14.1 Å². The number of hydrogen-bond acceptors (Lipinski definition) is 3. The zero-order valence-corrected chi connectivity index (χ0v) is 36.6. The van der Waals surface area contributed by atoms with Gasteiger partial charge in [-0.05, 0) is 101 Å². The van der Waals surface area contributed by atoms with Crippen LogP contribution in [0.5, 0.6) is 5.75 Å². The second-order valence-electron chi connectivity index (χ2n) is 17.3. The summed E-state index contributed by atoms with van der Waals surface area (Å²) in [6.07, 6.45) is 1.79. The number of rotatable bonds is 6. The fourth-order valence-corrected chi connectivity index (χ4v) is 7.57. The quantitative estimate of drug-likeness (QED) is 0.169. The molecule has 58 heavy (non-hydrogen) atoms. The van der Waals surface area contributed by atoms with Crippen molar-refractivity contribution in [3.63, 3.8) is 0 Å². The summed E-state index contributed by atoms with van der Waals surface area (Å²) in [4.78, 5) is 10.3. The fraction of sp³-hybridized carbons (Fsp3) is 0.208. The number of para-hydroxylation sites is 1. The summed E-state index contributed by atoms with van der Waals surface area (Å²) in [7, 11) is 0. The molecule has 0 radical (unpaired) electrons. The fourth-order valence-electron chi connectivity index (χ4n) is 7.57. The third kappa shape index (κ3) is 7.96. The van der Waals surface area contributed by atoms with Gasteiger partial charge in [0.25, 0.3) is 0 Å². The van der Waals surface area contributed by atoms with Crippen molar-refractivity contribution in [2.75, 3.05) is 0 Å². The molecule has 0 atom stereocenters. The second kappa shape index (κ2) is 15.6. The second-order valence-corrected chi connectivity index (χ2v) is 17.3. The van der Waals surface area contributed by atoms with Gasteiger partial charge in [0.1, 0.15) is 11.6 Å². The molecule has 0 fully saturated rings. The van der Waals surface area contributed by atoms with Crippen LogP contribution in [0.25, 0.3) is 72.7 Å². The third-order valence-electron chi connectivity index (χ3n) is 10.8. The average Bonchev–Trinajstić information content (AvgIpc) is 3.61. The van der Waals surface area contributed by atoms with Crippen LogP contribution < -0.4 is 0 Å². The Hall–Kier alpha value is -5.57. The van der Waals surface area contributed by atoms with Crippen molar-refractivity contribution < 1.29 is 30.3 Å². The summed E-state index contributed by atoms with van der Waals surface area (Å²) in [5, 5.41) is 11.7. The Balaban J connectivity index is 0.00000561. The van der Waals surface area contributed by atoms with E-state index in [-0.39, 0.29) is 37.6 Å². The predicted octanol–water partition coefficient (Wildman–Crippen LogP) is 13.8. The predicted molar refractivity (Wildman–Crippen MR) is 238 cm³/mol. The molecule has 1 N–H and O–H groups in total. The van der Waals surface area contributed by atoms with E-state index in [9.17, 15) is 5.11 Å². The molecule has 8 aromatic rings. The smallest absolute Gasteiger partial charge is 0.148 e. The van der Waals surface area contributed by atoms with Crippen LogP contribution in [-0.4, -0.2) is 19.6 Å². The van der Waals surface area contributed by atoms with Gasteiger partial charge >= 0.3 is 0 Å². The molecule has 0 saturated carbocycles. The summed E-state index contributed by atoms with van der Waals surface area (Å²) in [6.45, 7) is 15.1. The van der Waals surface area contributed by atoms with Crippen LogP contribution in [0.4, 0.5) is 0 Å². The Kier molecular flexibility index (Phi) is 9.91. The van der Waals surface area contributed by atoms with Gasteiger partial charge in [-0.25, -0.2) is 4.98 Å². The zero-order chi connectivity index (χ0) is 42.7. The van der Waals surface area contributed by atoms with E-state index in [1.54, 1.807) is 18.3 Å². The molecule has 0 amide bonds. The maximum atomic E-state index is 11.7. The summed E-state index contributed by atoms with van der Waals surface area (Å²) >= 11 is 0. The van der Waals surface area contributed by atoms with Crippen LogP contribution in [0.3, 0.4) is 0 Å². The Labute approximate surface area is 362 Å². The monoisotopic (exact) mass is 942 g/mol. The first-order valence-corrected chi connectivity index (χ1v) is 19.5. The van der Waals surface area contributed by atoms with Gasteiger partial charge in [0.2, 0.25) is 0 Å². The van der Waals surface area contributed by atoms with Crippen molar-refractivity contribution >= 4 is 11.0 Å². The number of nitrogens with zero attached hydrogens (tertiary/aromatic N) is 3. The maximum Gasteiger partial charge on any atom is 0.148 e. The van der Waals surface area contributed by atoms with Gasteiger partial charge in [-0.1, -0.05) is 143 Å². The number of fused-ring (bicyclic) bond motifs is 1. The first kappa shape index (κ1) is 36.7. The first-order valence-electron chi connectivity index (χ1n) is 21.0. The third-order valence-corrected chi connectivity index (χ3v) is 10.8. The molecular formula is C53H50N3OPt-. The number of aromatic nitrogens is 3. The number of hydrogen-bond donors (Lipinski definition) is 1. The van der Waals surface area contributed by atoms with E-state index < -0.39 is 6.85 Å². The van der Waals surface area contributed by atoms with E-state index in [1.807, 2.05) is 56.3 Å². The SMILES string of the molecule is [2H]C([2H])([2H])c1ccc(-c2ccnc(-c3[c-]c(-c4cccc5c4nc(-c4cc(C)cc(C)c4O)n5-c4cc(-c5ccccc5)cc(C(C)(C)C)c4)cc(C(C)(C)C)c3)c2)cc1.[Pt]. The topological polar surface area (TPSA) is 50.9 Å². The molecular weight excluding hydrogens is 890 g/mol. The van der Waals surface area contributed by atoms with Gasteiger partial charge in [0.15, 0.2) is 0 Å². The van der Waals surface area contributed by atoms with Crippen LogP contribution >= 0.6 is 0 Å². The molecule has 2 aromatic heterocycles. The van der Waals surface area contributed by atoms with Crippen molar-refractivity contribution in [2.24, 2.45) is 0 Å². The van der Waals surface area contributed by atoms with Crippen LogP contribution in [0.1, 0.15) is 73.5 Å². The van der Waals surface area contributed by atoms with Crippen molar-refractivity contribution in [1.29, 1.82) is 0 Å². The Bertz CT molecular complexity index is 2900. The zero-order valence-electron chi connectivity index (χ0n) is 37.3. The van der Waals surface area contributed by atoms with Gasteiger partial charge in [-0.15, -0.1) is 29.3 Å². The first-order chi connectivity index (χ1) is 28.3. The van der Waals surface area contributed by atoms with E-state index in [0.717, 1.165) is 78.0 Å². The van der Waals surface area contributed by atoms with E-state index in [0.29, 0.717) is 17.0 Å². The molecule has 8 rings (SSSR count). The molecule has 0 aliphatic rings. The van der Waals surface area contributed by atoms with Crippen molar-refractivity contribution in [3.8, 4) is 67.5 Å². The molecule has 0 spiro atoms. The number of phenols is 1. The largest absolute Gasteiger partial charge is 0.507 e. The van der Waals surface area contributed by atoms with E-state index in [1.165, 1.54) is 5.56 Å². The van der Waals surface area contributed by atoms with Crippen LogP contribution in [0.2, 0.25) is 0 Å². The normalized spacial score (nSPS) is 12.8. The maximum absolute atomic E-state index is 11.7. The number of aryl methyl sites for hydroxylation is 3. The summed E-state index contributed by atoms with van der Waals surface area (Å²) in [5.74, 6) is 0.856. The van der Waals surface area contributed by atoms with Crippen molar-refractivity contribution in [1.82, 2.24) is 14.5 Å². The minimum atomic E-state index is -2.17. The summed E-state index contributed by atoms with van der Waals surface area (Å²) < 4.78 is 25.6. The molecule has 294 valence electrons. The molecule has 0 unspecified atom stereocenters. The van der Waals surface area contributed by atoms with Crippen molar-refractivity contribution in [3.05, 3.63) is 167 Å². The van der Waals surface area contributed by atoms with Gasteiger partial charge in [-0.2, -0.15) is 0 Å². The van der Waals surface area contributed by atoms with Crippen LogP contribution in [-0.2, 0) is 31.9 Å². The molecule has 4 nitrogen and oxygen atoms in total. The van der Waals surface area contributed by atoms with Crippen LogP contribution in [0.15, 0.2) is 134 Å². The molecule has 6 aromatic carbocycles. The summed E-state index contributed by atoms with van der Waals surface area (Å²) in [6, 6.07) is 46.6. The Morgan fingerprint density at radius 3 is 2.02 bits per heavy atom. The Morgan fingerprint density at radius 1 is 0.621 bits per heavy atom. The molecule has 2 heterocycles. The number of phenolic OH excluding ortho intramolecular Hbond substituents is 1. The van der Waals surface area contributed by atoms with Crippen molar-refractivity contribution in [2.45, 2.75) is 73.1 Å². The number of pyridine rings is 1. The van der Waals surface area contributed by atoms with E-state index >= 15 is 0 Å². The molecule has 0 aliphatic carbocycles. The van der Waals surface area contributed by atoms with Gasteiger partial charge in [-0.3, -0.25) is 9.55 Å². The molecule has 5 heteroatoms. The molecule has 0 saturated heterocycles. The molecule has 0 bridgehead atoms. The number of imidazole rings is 1. The number of aromatic hydroxyl groups is 1. The standard InChI is InChI=1S/C53H50N3O.Pt/c1-33-18-20-37(21-19-33)38-22-23-54-47(31-38)41-26-40(28-42(29-41)52(4,5)6)45-16-13-17-48-49(45)55-51(46-25-34(2)24-35(3)50(46)57)56(48)44-30-39(36-14-11-10-12-15-36)27-43(32-44)53(7,8)9;/h10-25,27-32,57H,1-9H3;/q-1;/i1D3;. The Morgan fingerprint density at radius 2 is 1.31 bits per heavy atom. The molecule has 0 aliphatic heterocycles. The van der Waals surface area contributed by atoms with Gasteiger partial charge in [0.05, 0.1) is 16.6 Å². The van der Waals surface area contributed by atoms with E-state index in [2.05, 4.69) is 125 Å². The van der Waals surface area contributed by atoms with Gasteiger partial charge < -0.3 is 5.11 Å². The van der Waals surface area contributed by atoms with Crippen LogP contribution in [0, 0.1) is 26.8 Å².